The van der Waals surface area contributed by atoms with Crippen LogP contribution < -0.4 is 0 Å². The molecule has 1 aliphatic heterocycles. The lowest BCUT2D eigenvalue weighted by atomic mass is 9.89. The summed E-state index contributed by atoms with van der Waals surface area (Å²) < 4.78 is 13.0. The number of ketones is 1. The number of piperidine rings is 1. The van der Waals surface area contributed by atoms with Crippen LogP contribution in [0.3, 0.4) is 0 Å². The fourth-order valence-electron chi connectivity index (χ4n) is 3.10. The van der Waals surface area contributed by atoms with Crippen LogP contribution in [0.5, 0.6) is 0 Å². The van der Waals surface area contributed by atoms with Crippen LogP contribution in [0.4, 0.5) is 4.39 Å². The van der Waals surface area contributed by atoms with E-state index >= 15 is 0 Å². The van der Waals surface area contributed by atoms with E-state index in [9.17, 15) is 9.18 Å². The van der Waals surface area contributed by atoms with Gasteiger partial charge in [-0.2, -0.15) is 0 Å². The van der Waals surface area contributed by atoms with Crippen molar-refractivity contribution in [3.63, 3.8) is 0 Å². The standard InChI is InChI=1S/C20H20ClFNO/c21-18-3-1-2-15(14-18)8-11-23-12-9-17(10-13-23)20(24)16-4-6-19(22)7-5-16/h1-8,14,17H,9-13H2. The highest BCUT2D eigenvalue weighted by Gasteiger charge is 2.25. The molecule has 0 N–H and O–H groups in total. The summed E-state index contributed by atoms with van der Waals surface area (Å²) in [6.07, 6.45) is 3.85. The smallest absolute Gasteiger partial charge is 0.166 e. The van der Waals surface area contributed by atoms with Gasteiger partial charge in [0.1, 0.15) is 5.82 Å². The molecule has 1 radical (unpaired) electrons. The number of hydrogen-bond donors (Lipinski definition) is 0. The van der Waals surface area contributed by atoms with Crippen molar-refractivity contribution >= 4 is 17.4 Å². The van der Waals surface area contributed by atoms with Crippen LogP contribution in [0.1, 0.15) is 28.8 Å². The summed E-state index contributed by atoms with van der Waals surface area (Å²) in [4.78, 5) is 14.8. The number of hydrogen-bond acceptors (Lipinski definition) is 2. The van der Waals surface area contributed by atoms with Crippen molar-refractivity contribution in [3.05, 3.63) is 76.9 Å². The Bertz CT molecular complexity index is 693. The van der Waals surface area contributed by atoms with Crippen LogP contribution in [-0.2, 0) is 0 Å². The van der Waals surface area contributed by atoms with Gasteiger partial charge in [-0.3, -0.25) is 4.79 Å². The summed E-state index contributed by atoms with van der Waals surface area (Å²) in [6, 6.07) is 13.7. The summed E-state index contributed by atoms with van der Waals surface area (Å²) >= 11 is 5.99. The maximum absolute atomic E-state index is 13.0. The van der Waals surface area contributed by atoms with E-state index in [1.807, 2.05) is 24.3 Å². The first kappa shape index (κ1) is 17.1. The highest BCUT2D eigenvalue weighted by Crippen LogP contribution is 2.22. The number of benzene rings is 2. The normalized spacial score (nSPS) is 16.2. The third-order valence-corrected chi connectivity index (χ3v) is 4.76. The lowest BCUT2D eigenvalue weighted by Gasteiger charge is -2.31. The Morgan fingerprint density at radius 2 is 1.88 bits per heavy atom. The monoisotopic (exact) mass is 344 g/mol. The second-order valence-electron chi connectivity index (χ2n) is 6.21. The number of halogens is 2. The molecule has 0 amide bonds. The predicted octanol–water partition coefficient (Wildman–Crippen LogP) is 4.63. The van der Waals surface area contributed by atoms with Crippen molar-refractivity contribution in [3.8, 4) is 0 Å². The summed E-state index contributed by atoms with van der Waals surface area (Å²) in [6.45, 7) is 2.65. The Kier molecular flexibility index (Phi) is 5.64. The predicted molar refractivity (Wildman–Crippen MR) is 94.7 cm³/mol. The molecule has 2 aromatic rings. The molecule has 3 rings (SSSR count). The molecule has 125 valence electrons. The SMILES string of the molecule is O=C(c1ccc(F)cc1)C1CCN(C[CH]c2cccc(Cl)c2)CC1. The molecule has 24 heavy (non-hydrogen) atoms. The second kappa shape index (κ2) is 7.91. The van der Waals surface area contributed by atoms with E-state index in [2.05, 4.69) is 11.3 Å². The first-order valence-corrected chi connectivity index (χ1v) is 8.60. The second-order valence-corrected chi connectivity index (χ2v) is 6.64. The fraction of sp³-hybridized carbons (Fsp3) is 0.300. The molecule has 0 spiro atoms. The van der Waals surface area contributed by atoms with Gasteiger partial charge in [0.15, 0.2) is 5.78 Å². The molecule has 1 heterocycles. The van der Waals surface area contributed by atoms with Crippen LogP contribution in [0.2, 0.25) is 5.02 Å². The van der Waals surface area contributed by atoms with Gasteiger partial charge in [0.2, 0.25) is 0 Å². The van der Waals surface area contributed by atoms with Gasteiger partial charge in [0, 0.05) is 29.5 Å². The molecule has 2 aromatic carbocycles. The Balaban J connectivity index is 1.48. The Hall–Kier alpha value is -1.71. The first-order valence-electron chi connectivity index (χ1n) is 8.23. The van der Waals surface area contributed by atoms with E-state index in [1.165, 1.54) is 12.1 Å². The molecule has 1 fully saturated rings. The number of rotatable bonds is 5. The average molecular weight is 345 g/mol. The molecule has 0 saturated carbocycles. The zero-order valence-corrected chi connectivity index (χ0v) is 14.2. The van der Waals surface area contributed by atoms with Crippen molar-refractivity contribution in [2.75, 3.05) is 19.6 Å². The van der Waals surface area contributed by atoms with Crippen LogP contribution >= 0.6 is 11.6 Å². The molecule has 0 aliphatic carbocycles. The van der Waals surface area contributed by atoms with Gasteiger partial charge in [0.05, 0.1) is 0 Å². The van der Waals surface area contributed by atoms with Gasteiger partial charge in [-0.05, 0) is 67.9 Å². The van der Waals surface area contributed by atoms with Crippen molar-refractivity contribution in [2.45, 2.75) is 12.8 Å². The first-order chi connectivity index (χ1) is 11.6. The minimum atomic E-state index is -0.307. The lowest BCUT2D eigenvalue weighted by molar-refractivity contribution is 0.0846. The van der Waals surface area contributed by atoms with Crippen LogP contribution in [0, 0.1) is 18.2 Å². The van der Waals surface area contributed by atoms with Gasteiger partial charge in [-0.15, -0.1) is 0 Å². The lowest BCUT2D eigenvalue weighted by Crippen LogP contribution is -2.37. The van der Waals surface area contributed by atoms with Crippen LogP contribution in [-0.4, -0.2) is 30.3 Å². The van der Waals surface area contributed by atoms with Crippen LogP contribution in [0.15, 0.2) is 48.5 Å². The molecule has 4 heteroatoms. The third-order valence-electron chi connectivity index (χ3n) is 4.52. The maximum Gasteiger partial charge on any atom is 0.166 e. The largest absolute Gasteiger partial charge is 0.303 e. The summed E-state index contributed by atoms with van der Waals surface area (Å²) in [5, 5.41) is 0.743. The number of nitrogens with zero attached hydrogens (tertiary/aromatic N) is 1. The van der Waals surface area contributed by atoms with Crippen molar-refractivity contribution < 1.29 is 9.18 Å². The highest BCUT2D eigenvalue weighted by molar-refractivity contribution is 6.30. The van der Waals surface area contributed by atoms with E-state index in [0.717, 1.165) is 43.1 Å². The summed E-state index contributed by atoms with van der Waals surface area (Å²) in [5.41, 5.74) is 1.73. The minimum absolute atomic E-state index is 0.0397. The van der Waals surface area contributed by atoms with Crippen molar-refractivity contribution in [1.82, 2.24) is 4.90 Å². The maximum atomic E-state index is 13.0. The number of Topliss-reactive ketones (excluding diaryl/α,β-unsaturated/α-hetero) is 1. The number of carbonyl (C=O) groups excluding carboxylic acids is 1. The fourth-order valence-corrected chi connectivity index (χ4v) is 3.29. The van der Waals surface area contributed by atoms with Gasteiger partial charge in [-0.25, -0.2) is 4.39 Å². The molecular weight excluding hydrogens is 325 g/mol. The zero-order chi connectivity index (χ0) is 16.9. The summed E-state index contributed by atoms with van der Waals surface area (Å²) in [7, 11) is 0. The topological polar surface area (TPSA) is 20.3 Å². The van der Waals surface area contributed by atoms with E-state index in [-0.39, 0.29) is 17.5 Å². The van der Waals surface area contributed by atoms with Crippen molar-refractivity contribution in [2.24, 2.45) is 5.92 Å². The summed E-state index contributed by atoms with van der Waals surface area (Å²) in [5.74, 6) is -0.135. The average Bonchev–Trinajstić information content (AvgIpc) is 2.61. The van der Waals surface area contributed by atoms with Crippen molar-refractivity contribution in [1.29, 1.82) is 0 Å². The van der Waals surface area contributed by atoms with Gasteiger partial charge >= 0.3 is 0 Å². The van der Waals surface area contributed by atoms with E-state index in [0.29, 0.717) is 5.56 Å². The van der Waals surface area contributed by atoms with Gasteiger partial charge in [-0.1, -0.05) is 23.7 Å². The molecule has 0 unspecified atom stereocenters. The molecule has 0 atom stereocenters. The zero-order valence-electron chi connectivity index (χ0n) is 13.4. The molecular formula is C20H20ClFNO. The van der Waals surface area contributed by atoms with Gasteiger partial charge < -0.3 is 4.90 Å². The van der Waals surface area contributed by atoms with Gasteiger partial charge in [0.25, 0.3) is 0 Å². The molecule has 0 aromatic heterocycles. The van der Waals surface area contributed by atoms with E-state index < -0.39 is 0 Å². The molecule has 1 saturated heterocycles. The number of likely N-dealkylation sites (tertiary alicyclic amines) is 1. The Morgan fingerprint density at radius 3 is 2.54 bits per heavy atom. The Morgan fingerprint density at radius 1 is 1.17 bits per heavy atom. The van der Waals surface area contributed by atoms with Crippen LogP contribution in [0.25, 0.3) is 0 Å². The third kappa shape index (κ3) is 4.43. The quantitative estimate of drug-likeness (QED) is 0.737. The van der Waals surface area contributed by atoms with E-state index in [4.69, 9.17) is 11.6 Å². The Labute approximate surface area is 147 Å². The molecule has 0 bridgehead atoms. The molecule has 2 nitrogen and oxygen atoms in total. The molecule has 1 aliphatic rings. The number of carbonyl (C=O) groups is 1. The minimum Gasteiger partial charge on any atom is -0.303 e. The highest BCUT2D eigenvalue weighted by atomic mass is 35.5. The van der Waals surface area contributed by atoms with E-state index in [1.54, 1.807) is 12.1 Å².